The maximum absolute atomic E-state index is 12.1. The van der Waals surface area contributed by atoms with E-state index >= 15 is 0 Å². The largest absolute Gasteiger partial charge is 0.401 e. The van der Waals surface area contributed by atoms with Crippen LogP contribution in [0.4, 0.5) is 26.3 Å². The molecule has 1 atom stereocenters. The molecular formula is C8H14F6N2. The average Bonchev–Trinajstić information content (AvgIpc) is 1.99. The molecule has 0 heterocycles. The third kappa shape index (κ3) is 5.55. The van der Waals surface area contributed by atoms with Crippen molar-refractivity contribution in [3.63, 3.8) is 0 Å². The molecule has 2 N–H and O–H groups in total. The van der Waals surface area contributed by atoms with Crippen molar-refractivity contribution in [3.8, 4) is 0 Å². The number of nitrogens with one attached hydrogen (secondary N) is 2. The highest BCUT2D eigenvalue weighted by Gasteiger charge is 2.56. The molecule has 0 saturated heterocycles. The Balaban J connectivity index is 4.36. The van der Waals surface area contributed by atoms with Gasteiger partial charge in [0, 0.05) is 19.1 Å². The van der Waals surface area contributed by atoms with Crippen molar-refractivity contribution < 1.29 is 26.3 Å². The van der Waals surface area contributed by atoms with E-state index in [1.807, 2.05) is 0 Å². The van der Waals surface area contributed by atoms with Crippen LogP contribution in [0.5, 0.6) is 0 Å². The molecule has 16 heavy (non-hydrogen) atoms. The minimum Gasteiger partial charge on any atom is -0.318 e. The third-order valence-corrected chi connectivity index (χ3v) is 1.97. The van der Waals surface area contributed by atoms with Gasteiger partial charge in [-0.1, -0.05) is 0 Å². The van der Waals surface area contributed by atoms with Gasteiger partial charge in [0.2, 0.25) is 0 Å². The zero-order valence-corrected chi connectivity index (χ0v) is 8.84. The predicted octanol–water partition coefficient (Wildman–Crippen LogP) is 1.92. The fourth-order valence-electron chi connectivity index (χ4n) is 1.11. The maximum Gasteiger partial charge on any atom is 0.401 e. The highest BCUT2D eigenvalue weighted by Crippen LogP contribution is 2.38. The summed E-state index contributed by atoms with van der Waals surface area (Å²) >= 11 is 0. The summed E-state index contributed by atoms with van der Waals surface area (Å²) in [6.45, 7) is 0.637. The van der Waals surface area contributed by atoms with E-state index in [-0.39, 0.29) is 0 Å². The van der Waals surface area contributed by atoms with Crippen molar-refractivity contribution >= 4 is 0 Å². The molecule has 2 nitrogen and oxygen atoms in total. The fourth-order valence-corrected chi connectivity index (χ4v) is 1.11. The Kier molecular flexibility index (Phi) is 5.54. The molecule has 0 fully saturated rings. The number of halogens is 6. The zero-order chi connectivity index (χ0) is 13.0. The molecule has 0 aliphatic carbocycles. The smallest absolute Gasteiger partial charge is 0.318 e. The van der Waals surface area contributed by atoms with E-state index in [2.05, 4.69) is 10.6 Å². The van der Waals surface area contributed by atoms with Gasteiger partial charge in [-0.25, -0.2) is 0 Å². The van der Waals surface area contributed by atoms with Crippen molar-refractivity contribution in [1.29, 1.82) is 0 Å². The van der Waals surface area contributed by atoms with E-state index in [9.17, 15) is 26.3 Å². The molecule has 98 valence electrons. The lowest BCUT2D eigenvalue weighted by molar-refractivity contribution is -0.282. The van der Waals surface area contributed by atoms with Gasteiger partial charge in [0.05, 0.1) is 0 Å². The van der Waals surface area contributed by atoms with Crippen LogP contribution in [0.25, 0.3) is 0 Å². The quantitative estimate of drug-likeness (QED) is 0.730. The van der Waals surface area contributed by atoms with Crippen molar-refractivity contribution in [3.05, 3.63) is 0 Å². The van der Waals surface area contributed by atoms with Crippen LogP contribution in [0.1, 0.15) is 6.92 Å². The zero-order valence-electron chi connectivity index (χ0n) is 8.84. The van der Waals surface area contributed by atoms with Crippen LogP contribution in [0.2, 0.25) is 0 Å². The summed E-state index contributed by atoms with van der Waals surface area (Å²) in [6.07, 6.45) is -10.5. The number of rotatable bonds is 5. The standard InChI is InChI=1S/C8H14F6N2/c1-5(3-15-2)16-4-6(7(9,10)11)8(12,13)14/h5-6,15-16H,3-4H2,1-2H3. The van der Waals surface area contributed by atoms with Gasteiger partial charge in [-0.15, -0.1) is 0 Å². The Labute approximate surface area is 89.4 Å². The van der Waals surface area contributed by atoms with Gasteiger partial charge < -0.3 is 10.6 Å². The Bertz CT molecular complexity index is 186. The molecule has 0 aromatic heterocycles. The van der Waals surface area contributed by atoms with E-state index in [0.717, 1.165) is 0 Å². The number of likely N-dealkylation sites (N-methyl/N-ethyl adjacent to an activating group) is 1. The molecule has 1 unspecified atom stereocenters. The Morgan fingerprint density at radius 3 is 1.69 bits per heavy atom. The van der Waals surface area contributed by atoms with Crippen molar-refractivity contribution in [1.82, 2.24) is 10.6 Å². The SMILES string of the molecule is CNCC(C)NCC(C(F)(F)F)C(F)(F)F. The van der Waals surface area contributed by atoms with Crippen molar-refractivity contribution in [2.24, 2.45) is 5.92 Å². The molecule has 8 heteroatoms. The topological polar surface area (TPSA) is 24.1 Å². The van der Waals surface area contributed by atoms with Crippen molar-refractivity contribution in [2.75, 3.05) is 20.1 Å². The van der Waals surface area contributed by atoms with Gasteiger partial charge in [0.15, 0.2) is 5.92 Å². The number of hydrogen-bond acceptors (Lipinski definition) is 2. The highest BCUT2D eigenvalue weighted by atomic mass is 19.4. The maximum atomic E-state index is 12.1. The monoisotopic (exact) mass is 252 g/mol. The van der Waals surface area contributed by atoms with Crippen LogP contribution < -0.4 is 10.6 Å². The summed E-state index contributed by atoms with van der Waals surface area (Å²) in [7, 11) is 1.56. The second-order valence-electron chi connectivity index (χ2n) is 3.50. The number of alkyl halides is 6. The van der Waals surface area contributed by atoms with E-state index in [1.165, 1.54) is 6.92 Å². The number of hydrogen-bond donors (Lipinski definition) is 2. The molecule has 0 aliphatic rings. The van der Waals surface area contributed by atoms with Gasteiger partial charge in [-0.2, -0.15) is 26.3 Å². The first kappa shape index (κ1) is 15.5. The van der Waals surface area contributed by atoms with Crippen LogP contribution in [0, 0.1) is 5.92 Å². The van der Waals surface area contributed by atoms with Crippen LogP contribution in [0.3, 0.4) is 0 Å². The van der Waals surface area contributed by atoms with Gasteiger partial charge >= 0.3 is 12.4 Å². The Hall–Kier alpha value is -0.500. The lowest BCUT2D eigenvalue weighted by Gasteiger charge is -2.24. The third-order valence-electron chi connectivity index (χ3n) is 1.97. The molecule has 0 amide bonds. The normalized spacial score (nSPS) is 15.6. The second-order valence-corrected chi connectivity index (χ2v) is 3.50. The molecule has 0 aromatic carbocycles. The van der Waals surface area contributed by atoms with Crippen LogP contribution >= 0.6 is 0 Å². The minimum atomic E-state index is -5.27. The average molecular weight is 252 g/mol. The van der Waals surface area contributed by atoms with E-state index < -0.39 is 30.9 Å². The van der Waals surface area contributed by atoms with Gasteiger partial charge in [-0.3, -0.25) is 0 Å². The van der Waals surface area contributed by atoms with Crippen LogP contribution in [0.15, 0.2) is 0 Å². The summed E-state index contributed by atoms with van der Waals surface area (Å²) < 4.78 is 72.5. The molecule has 0 saturated carbocycles. The Morgan fingerprint density at radius 1 is 0.938 bits per heavy atom. The molecule has 0 spiro atoms. The predicted molar refractivity (Wildman–Crippen MR) is 47.0 cm³/mol. The second kappa shape index (κ2) is 5.72. The van der Waals surface area contributed by atoms with E-state index in [1.54, 1.807) is 7.05 Å². The summed E-state index contributed by atoms with van der Waals surface area (Å²) in [5.74, 6) is -3.32. The van der Waals surface area contributed by atoms with Gasteiger partial charge in [0.1, 0.15) is 0 Å². The van der Waals surface area contributed by atoms with Crippen LogP contribution in [-0.4, -0.2) is 38.5 Å². The first-order valence-corrected chi connectivity index (χ1v) is 4.60. The molecule has 0 aliphatic heterocycles. The molecule has 0 radical (unpaired) electrons. The fraction of sp³-hybridized carbons (Fsp3) is 1.00. The summed E-state index contributed by atoms with van der Waals surface area (Å²) in [6, 6.07) is -0.461. The van der Waals surface area contributed by atoms with E-state index in [4.69, 9.17) is 0 Å². The first-order chi connectivity index (χ1) is 7.09. The molecule has 0 aromatic rings. The van der Waals surface area contributed by atoms with Gasteiger partial charge in [0.25, 0.3) is 0 Å². The lowest BCUT2D eigenvalue weighted by Crippen LogP contribution is -2.47. The lowest BCUT2D eigenvalue weighted by atomic mass is 10.1. The first-order valence-electron chi connectivity index (χ1n) is 4.60. The van der Waals surface area contributed by atoms with Crippen LogP contribution in [-0.2, 0) is 0 Å². The van der Waals surface area contributed by atoms with Gasteiger partial charge in [-0.05, 0) is 14.0 Å². The molecule has 0 bridgehead atoms. The van der Waals surface area contributed by atoms with E-state index in [0.29, 0.717) is 6.54 Å². The summed E-state index contributed by atoms with van der Waals surface area (Å²) in [4.78, 5) is 0. The van der Waals surface area contributed by atoms with Crippen molar-refractivity contribution in [2.45, 2.75) is 25.3 Å². The minimum absolute atomic E-state index is 0.294. The molecular weight excluding hydrogens is 238 g/mol. The summed E-state index contributed by atoms with van der Waals surface area (Å²) in [5, 5.41) is 4.84. The Morgan fingerprint density at radius 2 is 1.38 bits per heavy atom. The summed E-state index contributed by atoms with van der Waals surface area (Å²) in [5.41, 5.74) is 0. The highest BCUT2D eigenvalue weighted by molar-refractivity contribution is 4.79. The molecule has 0 rings (SSSR count).